The van der Waals surface area contributed by atoms with E-state index in [1.165, 1.54) is 12.7 Å². The minimum atomic E-state index is -0.434. The van der Waals surface area contributed by atoms with Gasteiger partial charge < -0.3 is 15.4 Å². The van der Waals surface area contributed by atoms with Crippen LogP contribution in [0.4, 0.5) is 17.3 Å². The van der Waals surface area contributed by atoms with Gasteiger partial charge in [0.1, 0.15) is 5.69 Å². The molecule has 1 amide bonds. The van der Waals surface area contributed by atoms with Crippen LogP contribution in [0.15, 0.2) is 48.5 Å². The summed E-state index contributed by atoms with van der Waals surface area (Å²) in [6.07, 6.45) is 0. The van der Waals surface area contributed by atoms with Gasteiger partial charge in [0.2, 0.25) is 5.95 Å². The minimum Gasteiger partial charge on any atom is -0.465 e. The number of carbonyl (C=O) groups excluding carboxylic acids is 2. The third-order valence-corrected chi connectivity index (χ3v) is 4.41. The van der Waals surface area contributed by atoms with Crippen molar-refractivity contribution in [3.63, 3.8) is 0 Å². The van der Waals surface area contributed by atoms with E-state index in [4.69, 9.17) is 0 Å². The molecule has 0 atom stereocenters. The molecule has 0 bridgehead atoms. The Labute approximate surface area is 169 Å². The Morgan fingerprint density at radius 3 is 2.21 bits per heavy atom. The molecule has 3 rings (SSSR count). The van der Waals surface area contributed by atoms with Crippen molar-refractivity contribution >= 4 is 29.2 Å². The molecule has 7 nitrogen and oxygen atoms in total. The molecule has 0 unspecified atom stereocenters. The number of benzene rings is 2. The molecule has 0 aliphatic rings. The fourth-order valence-corrected chi connectivity index (χ4v) is 2.69. The topological polar surface area (TPSA) is 93.2 Å². The highest BCUT2D eigenvalue weighted by Gasteiger charge is 2.12. The van der Waals surface area contributed by atoms with E-state index in [0.29, 0.717) is 22.9 Å². The van der Waals surface area contributed by atoms with Crippen LogP contribution in [0, 0.1) is 20.8 Å². The smallest absolute Gasteiger partial charge is 0.337 e. The lowest BCUT2D eigenvalue weighted by atomic mass is 10.1. The van der Waals surface area contributed by atoms with Gasteiger partial charge in [0.05, 0.1) is 12.7 Å². The van der Waals surface area contributed by atoms with E-state index in [1.807, 2.05) is 32.0 Å². The summed E-state index contributed by atoms with van der Waals surface area (Å²) in [5.41, 5.74) is 5.04. The van der Waals surface area contributed by atoms with Crippen LogP contribution in [-0.4, -0.2) is 29.0 Å². The Morgan fingerprint density at radius 2 is 1.55 bits per heavy atom. The molecule has 3 aromatic rings. The highest BCUT2D eigenvalue weighted by molar-refractivity contribution is 6.03. The predicted octanol–water partition coefficient (Wildman–Crippen LogP) is 4.18. The van der Waals surface area contributed by atoms with E-state index in [0.717, 1.165) is 11.3 Å². The first-order chi connectivity index (χ1) is 13.9. The fourth-order valence-electron chi connectivity index (χ4n) is 2.69. The summed E-state index contributed by atoms with van der Waals surface area (Å²) >= 11 is 0. The third kappa shape index (κ3) is 4.95. The van der Waals surface area contributed by atoms with Crippen LogP contribution in [0.5, 0.6) is 0 Å². The second kappa shape index (κ2) is 8.52. The van der Waals surface area contributed by atoms with Crippen LogP contribution < -0.4 is 10.6 Å². The standard InChI is InChI=1S/C22H22N4O3/c1-13-5-8-18(11-14(13)2)25-22-23-15(3)12-19(26-22)20(27)24-17-9-6-16(7-10-17)21(28)29-4/h5-12H,1-4H3,(H,24,27)(H,23,25,26). The van der Waals surface area contributed by atoms with Crippen molar-refractivity contribution in [3.8, 4) is 0 Å². The maximum absolute atomic E-state index is 12.6. The van der Waals surface area contributed by atoms with Crippen LogP contribution in [0.25, 0.3) is 0 Å². The highest BCUT2D eigenvalue weighted by Crippen LogP contribution is 2.18. The Morgan fingerprint density at radius 1 is 0.862 bits per heavy atom. The largest absolute Gasteiger partial charge is 0.465 e. The number of anilines is 3. The molecule has 148 valence electrons. The number of methoxy groups -OCH3 is 1. The number of amides is 1. The molecule has 1 heterocycles. The molecule has 2 aromatic carbocycles. The summed E-state index contributed by atoms with van der Waals surface area (Å²) in [5.74, 6) is -0.458. The first-order valence-electron chi connectivity index (χ1n) is 9.05. The van der Waals surface area contributed by atoms with E-state index >= 15 is 0 Å². The lowest BCUT2D eigenvalue weighted by Gasteiger charge is -2.10. The van der Waals surface area contributed by atoms with Gasteiger partial charge in [-0.15, -0.1) is 0 Å². The summed E-state index contributed by atoms with van der Waals surface area (Å²) in [4.78, 5) is 32.8. The molecule has 0 saturated carbocycles. The van der Waals surface area contributed by atoms with Crippen molar-refractivity contribution in [2.45, 2.75) is 20.8 Å². The molecule has 29 heavy (non-hydrogen) atoms. The Balaban J connectivity index is 1.77. The van der Waals surface area contributed by atoms with E-state index in [-0.39, 0.29) is 11.6 Å². The lowest BCUT2D eigenvalue weighted by Crippen LogP contribution is -2.15. The number of aromatic nitrogens is 2. The second-order valence-electron chi connectivity index (χ2n) is 6.67. The van der Waals surface area contributed by atoms with Crippen LogP contribution in [0.3, 0.4) is 0 Å². The molecular weight excluding hydrogens is 368 g/mol. The number of carbonyl (C=O) groups is 2. The minimum absolute atomic E-state index is 0.237. The van der Waals surface area contributed by atoms with Gasteiger partial charge >= 0.3 is 5.97 Å². The summed E-state index contributed by atoms with van der Waals surface area (Å²) in [7, 11) is 1.32. The first-order valence-corrected chi connectivity index (χ1v) is 9.05. The first kappa shape index (κ1) is 20.0. The van der Waals surface area contributed by atoms with Gasteiger partial charge in [-0.3, -0.25) is 4.79 Å². The van der Waals surface area contributed by atoms with Crippen molar-refractivity contribution in [3.05, 3.63) is 76.6 Å². The number of hydrogen-bond donors (Lipinski definition) is 2. The molecule has 0 fully saturated rings. The number of nitrogens with zero attached hydrogens (tertiary/aromatic N) is 2. The molecule has 0 aliphatic heterocycles. The predicted molar refractivity (Wildman–Crippen MR) is 112 cm³/mol. The Hall–Kier alpha value is -3.74. The van der Waals surface area contributed by atoms with Crippen molar-refractivity contribution in [1.29, 1.82) is 0 Å². The molecule has 2 N–H and O–H groups in total. The number of esters is 1. The van der Waals surface area contributed by atoms with Crippen molar-refractivity contribution < 1.29 is 14.3 Å². The average Bonchev–Trinajstić information content (AvgIpc) is 2.70. The van der Waals surface area contributed by atoms with Crippen LogP contribution in [0.1, 0.15) is 37.7 Å². The normalized spacial score (nSPS) is 10.3. The summed E-state index contributed by atoms with van der Waals surface area (Å²) in [5, 5.41) is 5.91. The maximum atomic E-state index is 12.6. The Bertz CT molecular complexity index is 1060. The molecule has 0 spiro atoms. The average molecular weight is 390 g/mol. The van der Waals surface area contributed by atoms with E-state index in [9.17, 15) is 9.59 Å². The van der Waals surface area contributed by atoms with Crippen molar-refractivity contribution in [1.82, 2.24) is 9.97 Å². The monoisotopic (exact) mass is 390 g/mol. The van der Waals surface area contributed by atoms with Gasteiger partial charge in [0.25, 0.3) is 5.91 Å². The molecule has 0 saturated heterocycles. The van der Waals surface area contributed by atoms with Gasteiger partial charge in [-0.25, -0.2) is 14.8 Å². The number of ether oxygens (including phenoxy) is 1. The van der Waals surface area contributed by atoms with E-state index < -0.39 is 5.97 Å². The highest BCUT2D eigenvalue weighted by atomic mass is 16.5. The molecule has 0 aliphatic carbocycles. The van der Waals surface area contributed by atoms with Crippen molar-refractivity contribution in [2.24, 2.45) is 0 Å². The molecular formula is C22H22N4O3. The van der Waals surface area contributed by atoms with Gasteiger partial charge in [-0.2, -0.15) is 0 Å². The second-order valence-corrected chi connectivity index (χ2v) is 6.67. The zero-order chi connectivity index (χ0) is 21.0. The lowest BCUT2D eigenvalue weighted by molar-refractivity contribution is 0.0600. The van der Waals surface area contributed by atoms with Crippen LogP contribution >= 0.6 is 0 Å². The number of aryl methyl sites for hydroxylation is 3. The fraction of sp³-hybridized carbons (Fsp3) is 0.182. The van der Waals surface area contributed by atoms with Gasteiger partial charge in [-0.05, 0) is 74.4 Å². The molecule has 1 aromatic heterocycles. The summed E-state index contributed by atoms with van der Waals surface area (Å²) in [6.45, 7) is 5.87. The van der Waals surface area contributed by atoms with Crippen molar-refractivity contribution in [2.75, 3.05) is 17.7 Å². The number of nitrogens with one attached hydrogen (secondary N) is 2. The van der Waals surface area contributed by atoms with E-state index in [1.54, 1.807) is 37.3 Å². The maximum Gasteiger partial charge on any atom is 0.337 e. The van der Waals surface area contributed by atoms with E-state index in [2.05, 4.69) is 25.3 Å². The third-order valence-electron chi connectivity index (χ3n) is 4.41. The quantitative estimate of drug-likeness (QED) is 0.635. The van der Waals surface area contributed by atoms with Crippen LogP contribution in [0.2, 0.25) is 0 Å². The number of hydrogen-bond acceptors (Lipinski definition) is 6. The molecule has 0 radical (unpaired) electrons. The zero-order valence-corrected chi connectivity index (χ0v) is 16.7. The van der Waals surface area contributed by atoms with Gasteiger partial charge in [0.15, 0.2) is 0 Å². The Kier molecular flexibility index (Phi) is 5.87. The zero-order valence-electron chi connectivity index (χ0n) is 16.7. The van der Waals surface area contributed by atoms with Crippen LogP contribution in [-0.2, 0) is 4.74 Å². The molecule has 7 heteroatoms. The SMILES string of the molecule is COC(=O)c1ccc(NC(=O)c2cc(C)nc(Nc3ccc(C)c(C)c3)n2)cc1. The van der Waals surface area contributed by atoms with Gasteiger partial charge in [0, 0.05) is 17.1 Å². The summed E-state index contributed by atoms with van der Waals surface area (Å²) in [6, 6.07) is 14.0. The number of rotatable bonds is 5. The van der Waals surface area contributed by atoms with Gasteiger partial charge in [-0.1, -0.05) is 6.07 Å². The summed E-state index contributed by atoms with van der Waals surface area (Å²) < 4.78 is 4.67.